The van der Waals surface area contributed by atoms with Crippen LogP contribution in [0.25, 0.3) is 0 Å². The van der Waals surface area contributed by atoms with Crippen LogP contribution >= 0.6 is 0 Å². The highest BCUT2D eigenvalue weighted by atomic mass is 16.5. The van der Waals surface area contributed by atoms with Gasteiger partial charge in [0.05, 0.1) is 18.6 Å². The molecule has 1 aliphatic heterocycles. The smallest absolute Gasteiger partial charge is 0.306 e. The lowest BCUT2D eigenvalue weighted by molar-refractivity contribution is -0.147. The van der Waals surface area contributed by atoms with Gasteiger partial charge in [-0.2, -0.15) is 0 Å². The van der Waals surface area contributed by atoms with E-state index in [4.69, 9.17) is 9.47 Å². The Morgan fingerprint density at radius 3 is 2.80 bits per heavy atom. The number of carbonyl (C=O) groups excluding carboxylic acids is 2. The summed E-state index contributed by atoms with van der Waals surface area (Å²) < 4.78 is 10.6. The molecule has 0 amide bonds. The van der Waals surface area contributed by atoms with Crippen LogP contribution in [-0.2, 0) is 25.7 Å². The lowest BCUT2D eigenvalue weighted by atomic mass is 9.79. The van der Waals surface area contributed by atoms with E-state index < -0.39 is 5.41 Å². The van der Waals surface area contributed by atoms with Crippen LogP contribution in [0.15, 0.2) is 30.3 Å². The van der Waals surface area contributed by atoms with Gasteiger partial charge in [0.1, 0.15) is 12.4 Å². The second-order valence-electron chi connectivity index (χ2n) is 5.43. The van der Waals surface area contributed by atoms with Gasteiger partial charge >= 0.3 is 5.97 Å². The molecule has 0 saturated carbocycles. The number of ether oxygens (including phenoxy) is 2. The van der Waals surface area contributed by atoms with Crippen molar-refractivity contribution in [3.05, 3.63) is 35.9 Å². The highest BCUT2D eigenvalue weighted by Crippen LogP contribution is 2.29. The summed E-state index contributed by atoms with van der Waals surface area (Å²) in [6.07, 6.45) is 1.17. The lowest BCUT2D eigenvalue weighted by Crippen LogP contribution is -2.38. The molecule has 1 fully saturated rings. The number of benzene rings is 1. The van der Waals surface area contributed by atoms with Crippen LogP contribution in [0.2, 0.25) is 0 Å². The zero-order chi connectivity index (χ0) is 14.4. The Kier molecular flexibility index (Phi) is 4.90. The number of Topliss-reactive ketones (excluding diaryl/α,β-unsaturated/α-hetero) is 1. The van der Waals surface area contributed by atoms with Gasteiger partial charge in [-0.25, -0.2) is 0 Å². The maximum atomic E-state index is 11.9. The van der Waals surface area contributed by atoms with Gasteiger partial charge in [0.15, 0.2) is 0 Å². The van der Waals surface area contributed by atoms with E-state index in [1.165, 1.54) is 0 Å². The van der Waals surface area contributed by atoms with Crippen molar-refractivity contribution in [2.75, 3.05) is 13.2 Å². The summed E-state index contributed by atoms with van der Waals surface area (Å²) in [6.45, 7) is 3.03. The minimum absolute atomic E-state index is 0.180. The number of hydrogen-bond donors (Lipinski definition) is 0. The molecule has 1 aromatic carbocycles. The molecule has 0 N–H and O–H groups in total. The first-order valence-corrected chi connectivity index (χ1v) is 6.91. The van der Waals surface area contributed by atoms with Gasteiger partial charge in [0.25, 0.3) is 0 Å². The molecule has 108 valence electrons. The van der Waals surface area contributed by atoms with Gasteiger partial charge < -0.3 is 9.47 Å². The molecule has 0 aliphatic carbocycles. The molecule has 4 nitrogen and oxygen atoms in total. The van der Waals surface area contributed by atoms with E-state index in [2.05, 4.69) is 0 Å². The molecule has 2 rings (SSSR count). The van der Waals surface area contributed by atoms with Gasteiger partial charge in [0, 0.05) is 12.8 Å². The Morgan fingerprint density at radius 2 is 2.10 bits per heavy atom. The van der Waals surface area contributed by atoms with E-state index in [1.807, 2.05) is 37.3 Å². The molecular formula is C16H20O4. The lowest BCUT2D eigenvalue weighted by Gasteiger charge is -2.31. The number of ketones is 1. The van der Waals surface area contributed by atoms with E-state index in [-0.39, 0.29) is 24.8 Å². The summed E-state index contributed by atoms with van der Waals surface area (Å²) in [5.41, 5.74) is 0.424. The van der Waals surface area contributed by atoms with Crippen molar-refractivity contribution < 1.29 is 19.1 Å². The summed E-state index contributed by atoms with van der Waals surface area (Å²) in [5.74, 6) is -0.0898. The first-order valence-electron chi connectivity index (χ1n) is 6.91. The fourth-order valence-corrected chi connectivity index (χ4v) is 2.24. The molecule has 20 heavy (non-hydrogen) atoms. The second kappa shape index (κ2) is 6.66. The zero-order valence-electron chi connectivity index (χ0n) is 11.8. The third-order valence-electron chi connectivity index (χ3n) is 3.69. The second-order valence-corrected chi connectivity index (χ2v) is 5.43. The van der Waals surface area contributed by atoms with Gasteiger partial charge in [-0.1, -0.05) is 37.3 Å². The van der Waals surface area contributed by atoms with Crippen LogP contribution in [0.1, 0.15) is 31.7 Å². The van der Waals surface area contributed by atoms with E-state index >= 15 is 0 Å². The Labute approximate surface area is 119 Å². The Hall–Kier alpha value is -1.68. The molecule has 0 radical (unpaired) electrons. The number of rotatable bonds is 5. The number of hydrogen-bond acceptors (Lipinski definition) is 4. The van der Waals surface area contributed by atoms with E-state index in [1.54, 1.807) is 0 Å². The molecule has 0 unspecified atom stereocenters. The molecule has 0 spiro atoms. The van der Waals surface area contributed by atoms with Crippen LogP contribution in [0.4, 0.5) is 0 Å². The van der Waals surface area contributed by atoms with Crippen molar-refractivity contribution in [3.8, 4) is 0 Å². The normalized spacial score (nSPS) is 22.6. The molecule has 1 aliphatic rings. The van der Waals surface area contributed by atoms with Gasteiger partial charge in [-0.15, -0.1) is 0 Å². The summed E-state index contributed by atoms with van der Waals surface area (Å²) in [6, 6.07) is 9.55. The van der Waals surface area contributed by atoms with Crippen molar-refractivity contribution in [1.82, 2.24) is 0 Å². The highest BCUT2D eigenvalue weighted by molar-refractivity contribution is 5.85. The third-order valence-corrected chi connectivity index (χ3v) is 3.69. The van der Waals surface area contributed by atoms with Crippen LogP contribution in [0, 0.1) is 5.41 Å². The molecular weight excluding hydrogens is 256 g/mol. The monoisotopic (exact) mass is 276 g/mol. The molecule has 1 saturated heterocycles. The Balaban J connectivity index is 1.76. The van der Waals surface area contributed by atoms with Crippen molar-refractivity contribution >= 4 is 11.8 Å². The minimum atomic E-state index is -0.538. The van der Waals surface area contributed by atoms with Gasteiger partial charge in [-0.3, -0.25) is 9.59 Å². The van der Waals surface area contributed by atoms with Gasteiger partial charge in [-0.05, 0) is 12.0 Å². The maximum Gasteiger partial charge on any atom is 0.306 e. The Bertz CT molecular complexity index is 469. The number of carbonyl (C=O) groups is 2. The summed E-state index contributed by atoms with van der Waals surface area (Å²) in [4.78, 5) is 23.6. The molecule has 1 aromatic rings. The van der Waals surface area contributed by atoms with E-state index in [0.717, 1.165) is 5.56 Å². The minimum Gasteiger partial charge on any atom is -0.461 e. The fraction of sp³-hybridized carbons (Fsp3) is 0.500. The van der Waals surface area contributed by atoms with Crippen LogP contribution in [0.5, 0.6) is 0 Å². The van der Waals surface area contributed by atoms with Crippen LogP contribution < -0.4 is 0 Å². The summed E-state index contributed by atoms with van der Waals surface area (Å²) in [5, 5.41) is 0. The summed E-state index contributed by atoms with van der Waals surface area (Å²) in [7, 11) is 0. The molecule has 4 heteroatoms. The quantitative estimate of drug-likeness (QED) is 0.775. The standard InChI is InChI=1S/C16H20O4/c1-16(12-19-10-8-14(16)17)9-7-15(18)20-11-13-5-3-2-4-6-13/h2-6H,7-12H2,1H3/t16-/m1/s1. The van der Waals surface area contributed by atoms with Gasteiger partial charge in [0.2, 0.25) is 0 Å². The van der Waals surface area contributed by atoms with Crippen LogP contribution in [-0.4, -0.2) is 25.0 Å². The summed E-state index contributed by atoms with van der Waals surface area (Å²) >= 11 is 0. The Morgan fingerprint density at radius 1 is 1.35 bits per heavy atom. The third kappa shape index (κ3) is 3.90. The van der Waals surface area contributed by atoms with Crippen molar-refractivity contribution in [2.45, 2.75) is 32.8 Å². The van der Waals surface area contributed by atoms with Crippen molar-refractivity contribution in [2.24, 2.45) is 5.41 Å². The van der Waals surface area contributed by atoms with E-state index in [9.17, 15) is 9.59 Å². The molecule has 0 aromatic heterocycles. The molecule has 1 heterocycles. The number of esters is 1. The molecule has 0 bridgehead atoms. The van der Waals surface area contributed by atoms with E-state index in [0.29, 0.717) is 26.1 Å². The highest BCUT2D eigenvalue weighted by Gasteiger charge is 2.36. The SMILES string of the molecule is C[C@@]1(CCC(=O)OCc2ccccc2)COCCC1=O. The average Bonchev–Trinajstić information content (AvgIpc) is 2.47. The zero-order valence-corrected chi connectivity index (χ0v) is 11.8. The van der Waals surface area contributed by atoms with Crippen molar-refractivity contribution in [3.63, 3.8) is 0 Å². The van der Waals surface area contributed by atoms with Crippen molar-refractivity contribution in [1.29, 1.82) is 0 Å². The largest absolute Gasteiger partial charge is 0.461 e. The topological polar surface area (TPSA) is 52.6 Å². The average molecular weight is 276 g/mol. The first kappa shape index (κ1) is 14.7. The maximum absolute atomic E-state index is 11.9. The van der Waals surface area contributed by atoms with Crippen LogP contribution in [0.3, 0.4) is 0 Å². The first-order chi connectivity index (χ1) is 9.60. The predicted molar refractivity (Wildman–Crippen MR) is 74.0 cm³/mol. The predicted octanol–water partition coefficient (Wildman–Crippen LogP) is 2.51. The fourth-order valence-electron chi connectivity index (χ4n) is 2.24. The molecule has 1 atom stereocenters.